The highest BCUT2D eigenvalue weighted by Crippen LogP contribution is 2.26. The molecule has 0 aromatic heterocycles. The van der Waals surface area contributed by atoms with Crippen LogP contribution in [0.25, 0.3) is 0 Å². The Balaban J connectivity index is 2.21. The van der Waals surface area contributed by atoms with Crippen molar-refractivity contribution in [2.24, 2.45) is 0 Å². The summed E-state index contributed by atoms with van der Waals surface area (Å²) in [6, 6.07) is 10.2. The normalized spacial score (nSPS) is 11.2. The van der Waals surface area contributed by atoms with Crippen LogP contribution < -0.4 is 11.1 Å². The van der Waals surface area contributed by atoms with Crippen LogP contribution in [0.15, 0.2) is 42.5 Å². The van der Waals surface area contributed by atoms with Crippen molar-refractivity contribution in [1.82, 2.24) is 0 Å². The van der Waals surface area contributed by atoms with E-state index in [9.17, 15) is 13.6 Å². The number of nitrogen functional groups attached to an aromatic ring is 1. The summed E-state index contributed by atoms with van der Waals surface area (Å²) in [6.07, 6.45) is 0. The van der Waals surface area contributed by atoms with Gasteiger partial charge in [0.05, 0.1) is 5.41 Å². The van der Waals surface area contributed by atoms with E-state index >= 15 is 0 Å². The lowest BCUT2D eigenvalue weighted by Crippen LogP contribution is -2.34. The molecule has 110 valence electrons. The zero-order valence-corrected chi connectivity index (χ0v) is 11.8. The highest BCUT2D eigenvalue weighted by atomic mass is 19.2. The fraction of sp³-hybridized carbons (Fsp3) is 0.188. The number of benzene rings is 2. The molecule has 5 heteroatoms. The predicted octanol–water partition coefficient (Wildman–Crippen LogP) is 3.46. The summed E-state index contributed by atoms with van der Waals surface area (Å²) >= 11 is 0. The lowest BCUT2D eigenvalue weighted by atomic mass is 9.83. The minimum absolute atomic E-state index is 0.211. The Hall–Kier alpha value is -2.43. The van der Waals surface area contributed by atoms with E-state index in [1.165, 1.54) is 6.07 Å². The van der Waals surface area contributed by atoms with Crippen LogP contribution in [0.5, 0.6) is 0 Å². The van der Waals surface area contributed by atoms with Gasteiger partial charge in [0.25, 0.3) is 0 Å². The number of rotatable bonds is 3. The summed E-state index contributed by atoms with van der Waals surface area (Å²) in [6.45, 7) is 3.49. The summed E-state index contributed by atoms with van der Waals surface area (Å²) in [4.78, 5) is 12.4. The van der Waals surface area contributed by atoms with E-state index in [1.54, 1.807) is 38.1 Å². The average Bonchev–Trinajstić information content (AvgIpc) is 2.43. The first-order valence-corrected chi connectivity index (χ1v) is 6.43. The van der Waals surface area contributed by atoms with Crippen LogP contribution in [0.4, 0.5) is 20.2 Å². The maximum absolute atomic E-state index is 13.2. The van der Waals surface area contributed by atoms with E-state index in [1.807, 2.05) is 0 Å². The van der Waals surface area contributed by atoms with Crippen molar-refractivity contribution in [1.29, 1.82) is 0 Å². The number of hydrogen-bond donors (Lipinski definition) is 2. The second-order valence-electron chi connectivity index (χ2n) is 5.33. The second-order valence-corrected chi connectivity index (χ2v) is 5.33. The third kappa shape index (κ3) is 3.18. The van der Waals surface area contributed by atoms with Crippen LogP contribution >= 0.6 is 0 Å². The molecule has 2 aromatic rings. The average molecular weight is 290 g/mol. The van der Waals surface area contributed by atoms with Gasteiger partial charge in [0, 0.05) is 17.4 Å². The molecule has 2 aromatic carbocycles. The van der Waals surface area contributed by atoms with Gasteiger partial charge in [0.1, 0.15) is 0 Å². The Bertz CT molecular complexity index is 666. The van der Waals surface area contributed by atoms with E-state index < -0.39 is 17.0 Å². The number of halogens is 2. The van der Waals surface area contributed by atoms with Crippen molar-refractivity contribution in [3.8, 4) is 0 Å². The Morgan fingerprint density at radius 3 is 2.24 bits per heavy atom. The van der Waals surface area contributed by atoms with E-state index in [-0.39, 0.29) is 11.6 Å². The SMILES string of the molecule is CC(C)(C(=O)Nc1ccc(F)c(F)c1)c1ccc(N)cc1. The van der Waals surface area contributed by atoms with Gasteiger partial charge in [-0.1, -0.05) is 12.1 Å². The molecule has 3 nitrogen and oxygen atoms in total. The zero-order valence-electron chi connectivity index (χ0n) is 11.8. The van der Waals surface area contributed by atoms with Crippen molar-refractivity contribution < 1.29 is 13.6 Å². The number of anilines is 2. The van der Waals surface area contributed by atoms with Crippen LogP contribution in [0.3, 0.4) is 0 Å². The van der Waals surface area contributed by atoms with Gasteiger partial charge in [0.2, 0.25) is 5.91 Å². The molecule has 0 spiro atoms. The van der Waals surface area contributed by atoms with Gasteiger partial charge in [-0.05, 0) is 43.7 Å². The molecule has 0 bridgehead atoms. The third-order valence-corrected chi connectivity index (χ3v) is 3.38. The standard InChI is InChI=1S/C16H16F2N2O/c1-16(2,10-3-5-11(19)6-4-10)15(21)20-12-7-8-13(17)14(18)9-12/h3-9H,19H2,1-2H3,(H,20,21). The third-order valence-electron chi connectivity index (χ3n) is 3.38. The van der Waals surface area contributed by atoms with Gasteiger partial charge < -0.3 is 11.1 Å². The molecule has 0 unspecified atom stereocenters. The zero-order chi connectivity index (χ0) is 15.6. The van der Waals surface area contributed by atoms with Crippen LogP contribution in [-0.4, -0.2) is 5.91 Å². The Kier molecular flexibility index (Phi) is 3.93. The highest BCUT2D eigenvalue weighted by molar-refractivity contribution is 5.98. The van der Waals surface area contributed by atoms with Crippen molar-refractivity contribution in [3.63, 3.8) is 0 Å². The van der Waals surface area contributed by atoms with Gasteiger partial charge in [-0.15, -0.1) is 0 Å². The number of amides is 1. The molecule has 0 atom stereocenters. The summed E-state index contributed by atoms with van der Waals surface area (Å²) in [5.41, 5.74) is 6.38. The van der Waals surface area contributed by atoms with Crippen molar-refractivity contribution >= 4 is 17.3 Å². The highest BCUT2D eigenvalue weighted by Gasteiger charge is 2.29. The summed E-state index contributed by atoms with van der Waals surface area (Å²) < 4.78 is 26.0. The van der Waals surface area contributed by atoms with Crippen molar-refractivity contribution in [2.45, 2.75) is 19.3 Å². The minimum Gasteiger partial charge on any atom is -0.399 e. The molecular weight excluding hydrogens is 274 g/mol. The Morgan fingerprint density at radius 2 is 1.67 bits per heavy atom. The topological polar surface area (TPSA) is 55.1 Å². The molecular formula is C16H16F2N2O. The molecule has 0 aliphatic heterocycles. The van der Waals surface area contributed by atoms with Gasteiger partial charge in [-0.3, -0.25) is 4.79 Å². The molecule has 0 aliphatic rings. The van der Waals surface area contributed by atoms with Crippen LogP contribution in [0, 0.1) is 11.6 Å². The van der Waals surface area contributed by atoms with Gasteiger partial charge in [-0.2, -0.15) is 0 Å². The van der Waals surface area contributed by atoms with Gasteiger partial charge >= 0.3 is 0 Å². The fourth-order valence-corrected chi connectivity index (χ4v) is 1.89. The van der Waals surface area contributed by atoms with Crippen molar-refractivity contribution in [2.75, 3.05) is 11.1 Å². The quantitative estimate of drug-likeness (QED) is 0.850. The van der Waals surface area contributed by atoms with Crippen LogP contribution in [0.1, 0.15) is 19.4 Å². The lowest BCUT2D eigenvalue weighted by molar-refractivity contribution is -0.120. The largest absolute Gasteiger partial charge is 0.399 e. The molecule has 0 aliphatic carbocycles. The first kappa shape index (κ1) is 15.0. The van der Waals surface area contributed by atoms with Crippen LogP contribution in [-0.2, 0) is 10.2 Å². The van der Waals surface area contributed by atoms with Gasteiger partial charge in [-0.25, -0.2) is 8.78 Å². The maximum atomic E-state index is 13.2. The first-order valence-electron chi connectivity index (χ1n) is 6.43. The summed E-state index contributed by atoms with van der Waals surface area (Å²) in [7, 11) is 0. The van der Waals surface area contributed by atoms with E-state index in [4.69, 9.17) is 5.73 Å². The number of nitrogens with one attached hydrogen (secondary N) is 1. The molecule has 0 heterocycles. The number of carbonyl (C=O) groups is 1. The Morgan fingerprint density at radius 1 is 1.05 bits per heavy atom. The van der Waals surface area contributed by atoms with E-state index in [0.29, 0.717) is 5.69 Å². The molecule has 2 rings (SSSR count). The molecule has 0 saturated heterocycles. The molecule has 0 fully saturated rings. The lowest BCUT2D eigenvalue weighted by Gasteiger charge is -2.24. The summed E-state index contributed by atoms with van der Waals surface area (Å²) in [5, 5.41) is 2.59. The summed E-state index contributed by atoms with van der Waals surface area (Å²) in [5.74, 6) is -2.28. The first-order chi connectivity index (χ1) is 9.80. The minimum atomic E-state index is -1.00. The maximum Gasteiger partial charge on any atom is 0.234 e. The predicted molar refractivity (Wildman–Crippen MR) is 78.9 cm³/mol. The monoisotopic (exact) mass is 290 g/mol. The smallest absolute Gasteiger partial charge is 0.234 e. The Labute approximate surface area is 121 Å². The van der Waals surface area contributed by atoms with E-state index in [0.717, 1.165) is 17.7 Å². The molecule has 21 heavy (non-hydrogen) atoms. The number of nitrogens with two attached hydrogens (primary N) is 1. The molecule has 1 amide bonds. The van der Waals surface area contributed by atoms with Crippen molar-refractivity contribution in [3.05, 3.63) is 59.7 Å². The molecule has 0 radical (unpaired) electrons. The van der Waals surface area contributed by atoms with E-state index in [2.05, 4.69) is 5.32 Å². The van der Waals surface area contributed by atoms with Gasteiger partial charge in [0.15, 0.2) is 11.6 Å². The van der Waals surface area contributed by atoms with Crippen LogP contribution in [0.2, 0.25) is 0 Å². The second kappa shape index (κ2) is 5.52. The fourth-order valence-electron chi connectivity index (χ4n) is 1.89. The number of hydrogen-bond acceptors (Lipinski definition) is 2. The molecule has 0 saturated carbocycles. The molecule has 3 N–H and O–H groups in total. The number of carbonyl (C=O) groups excluding carboxylic acids is 1.